The number of pyridine rings is 1. The van der Waals surface area contributed by atoms with Gasteiger partial charge < -0.3 is 15.2 Å². The summed E-state index contributed by atoms with van der Waals surface area (Å²) in [7, 11) is 0. The van der Waals surface area contributed by atoms with E-state index in [1.807, 2.05) is 66.7 Å². The molecule has 0 radical (unpaired) electrons. The molecule has 6 heteroatoms. The number of aryl methyl sites for hydroxylation is 2. The molecule has 0 aliphatic carbocycles. The van der Waals surface area contributed by atoms with Crippen LogP contribution in [0.15, 0.2) is 73.1 Å². The second kappa shape index (κ2) is 10.6. The van der Waals surface area contributed by atoms with Crippen molar-refractivity contribution in [2.75, 3.05) is 6.54 Å². The van der Waals surface area contributed by atoms with Crippen LogP contribution < -0.4 is 5.32 Å². The van der Waals surface area contributed by atoms with Crippen molar-refractivity contribution in [1.29, 1.82) is 0 Å². The molecule has 0 bridgehead atoms. The summed E-state index contributed by atoms with van der Waals surface area (Å²) in [4.78, 5) is 35.2. The molecule has 1 aliphatic rings. The average Bonchev–Trinajstić information content (AvgIpc) is 3.33. The number of hydrogen-bond acceptors (Lipinski definition) is 3. The highest BCUT2D eigenvalue weighted by Crippen LogP contribution is 2.25. The number of carbonyl (C=O) groups excluding carboxylic acids is 2. The number of nitrogens with zero attached hydrogens (tertiary/aromatic N) is 2. The van der Waals surface area contributed by atoms with Crippen LogP contribution in [0.5, 0.6) is 0 Å². The Balaban J connectivity index is 1.20. The number of nitrogens with one attached hydrogen (secondary N) is 2. The summed E-state index contributed by atoms with van der Waals surface area (Å²) >= 11 is 0. The second-order valence-electron chi connectivity index (χ2n) is 9.21. The van der Waals surface area contributed by atoms with Crippen LogP contribution >= 0.6 is 0 Å². The normalized spacial score (nSPS) is 13.2. The number of H-pyrrole nitrogens is 1. The van der Waals surface area contributed by atoms with E-state index >= 15 is 0 Å². The monoisotopic (exact) mass is 478 g/mol. The summed E-state index contributed by atoms with van der Waals surface area (Å²) in [5, 5.41) is 4.18. The van der Waals surface area contributed by atoms with Crippen molar-refractivity contribution in [2.45, 2.75) is 39.3 Å². The van der Waals surface area contributed by atoms with Crippen molar-refractivity contribution in [1.82, 2.24) is 20.2 Å². The first-order valence-corrected chi connectivity index (χ1v) is 12.4. The molecule has 2 N–H and O–H groups in total. The molecule has 2 amide bonds. The van der Waals surface area contributed by atoms with Gasteiger partial charge in [-0.05, 0) is 59.7 Å². The maximum Gasteiger partial charge on any atom is 0.244 e. The fourth-order valence-electron chi connectivity index (χ4n) is 4.88. The third-order valence-electron chi connectivity index (χ3n) is 6.90. The van der Waals surface area contributed by atoms with Crippen LogP contribution in [-0.2, 0) is 35.5 Å². The van der Waals surface area contributed by atoms with E-state index in [1.165, 1.54) is 16.5 Å². The van der Waals surface area contributed by atoms with Crippen LogP contribution in [0.25, 0.3) is 17.0 Å². The van der Waals surface area contributed by atoms with Crippen molar-refractivity contribution < 1.29 is 9.59 Å². The van der Waals surface area contributed by atoms with Gasteiger partial charge in [-0.2, -0.15) is 0 Å². The smallest absolute Gasteiger partial charge is 0.244 e. The molecular formula is C30H30N4O2. The van der Waals surface area contributed by atoms with Gasteiger partial charge in [0.15, 0.2) is 0 Å². The molecule has 182 valence electrons. The summed E-state index contributed by atoms with van der Waals surface area (Å²) in [5.74, 6) is 0.0214. The van der Waals surface area contributed by atoms with E-state index in [9.17, 15) is 9.59 Å². The van der Waals surface area contributed by atoms with E-state index in [0.717, 1.165) is 34.3 Å². The van der Waals surface area contributed by atoms with Crippen molar-refractivity contribution in [3.05, 3.63) is 107 Å². The maximum absolute atomic E-state index is 13.0. The van der Waals surface area contributed by atoms with Crippen LogP contribution in [0.1, 0.15) is 39.9 Å². The van der Waals surface area contributed by atoms with Crippen molar-refractivity contribution in [3.63, 3.8) is 0 Å². The molecular weight excluding hydrogens is 448 g/mol. The molecule has 5 rings (SSSR count). The molecule has 4 aromatic rings. The fourth-order valence-corrected chi connectivity index (χ4v) is 4.88. The molecule has 0 saturated heterocycles. The van der Waals surface area contributed by atoms with Gasteiger partial charge in [-0.25, -0.2) is 0 Å². The largest absolute Gasteiger partial charge is 0.361 e. The summed E-state index contributed by atoms with van der Waals surface area (Å²) in [6, 6.07) is 17.9. The molecule has 0 atom stereocenters. The van der Waals surface area contributed by atoms with Crippen molar-refractivity contribution in [3.8, 4) is 0 Å². The lowest BCUT2D eigenvalue weighted by Gasteiger charge is -2.30. The molecule has 36 heavy (non-hydrogen) atoms. The standard InChI is InChI=1S/C30H30N4O2/c1-21-27(19-33-29(35)13-11-22-7-3-2-4-8-22)25-15-16-34(20-24(25)18-31-21)30(36)14-12-23-17-32-28-10-6-5-9-26(23)28/h2-11,13,17-18,32H,12,14-16,19-20H2,1H3,(H,33,35)/b13-11+. The third kappa shape index (κ3) is 5.23. The van der Waals surface area contributed by atoms with E-state index in [4.69, 9.17) is 0 Å². The van der Waals surface area contributed by atoms with E-state index in [2.05, 4.69) is 27.4 Å². The summed E-state index contributed by atoms with van der Waals surface area (Å²) < 4.78 is 0. The summed E-state index contributed by atoms with van der Waals surface area (Å²) in [6.45, 7) is 3.64. The van der Waals surface area contributed by atoms with Gasteiger partial charge in [0.05, 0.1) is 0 Å². The highest BCUT2D eigenvalue weighted by Gasteiger charge is 2.24. The Morgan fingerprint density at radius 3 is 2.78 bits per heavy atom. The van der Waals surface area contributed by atoms with Crippen molar-refractivity contribution >= 4 is 28.8 Å². The molecule has 0 fully saturated rings. The Kier molecular flexibility index (Phi) is 6.94. The third-order valence-corrected chi connectivity index (χ3v) is 6.90. The minimum atomic E-state index is -0.138. The number of aromatic nitrogens is 2. The average molecular weight is 479 g/mol. The molecule has 0 saturated carbocycles. The zero-order valence-electron chi connectivity index (χ0n) is 20.5. The predicted molar refractivity (Wildman–Crippen MR) is 142 cm³/mol. The Hall–Kier alpha value is -4.19. The minimum absolute atomic E-state index is 0.138. The minimum Gasteiger partial charge on any atom is -0.361 e. The van der Waals surface area contributed by atoms with Crippen molar-refractivity contribution in [2.24, 2.45) is 0 Å². The van der Waals surface area contributed by atoms with Crippen LogP contribution in [0, 0.1) is 6.92 Å². The number of benzene rings is 2. The van der Waals surface area contributed by atoms with Gasteiger partial charge in [0.1, 0.15) is 0 Å². The molecule has 2 aromatic carbocycles. The summed E-state index contributed by atoms with van der Waals surface area (Å²) in [6.07, 6.45) is 9.21. The number of amides is 2. The quantitative estimate of drug-likeness (QED) is 0.378. The maximum atomic E-state index is 13.0. The van der Waals surface area contributed by atoms with E-state index < -0.39 is 0 Å². The molecule has 0 unspecified atom stereocenters. The van der Waals surface area contributed by atoms with Gasteiger partial charge in [0.25, 0.3) is 0 Å². The highest BCUT2D eigenvalue weighted by molar-refractivity contribution is 5.91. The molecule has 0 spiro atoms. The topological polar surface area (TPSA) is 78.1 Å². The van der Waals surface area contributed by atoms with Gasteiger partial charge in [-0.1, -0.05) is 48.5 Å². The zero-order chi connectivity index (χ0) is 24.9. The number of aromatic amines is 1. The number of rotatable bonds is 7. The lowest BCUT2D eigenvalue weighted by atomic mass is 9.94. The fraction of sp³-hybridized carbons (Fsp3) is 0.233. The Labute approximate surface area is 211 Å². The van der Waals surface area contributed by atoms with Crippen LogP contribution in [0.4, 0.5) is 0 Å². The van der Waals surface area contributed by atoms with Crippen LogP contribution in [-0.4, -0.2) is 33.2 Å². The Bertz CT molecular complexity index is 1420. The first kappa shape index (κ1) is 23.5. The van der Waals surface area contributed by atoms with Gasteiger partial charge in [-0.15, -0.1) is 0 Å². The highest BCUT2D eigenvalue weighted by atomic mass is 16.2. The first-order chi connectivity index (χ1) is 17.6. The molecule has 3 heterocycles. The molecule has 6 nitrogen and oxygen atoms in total. The first-order valence-electron chi connectivity index (χ1n) is 12.4. The number of para-hydroxylation sites is 1. The van der Waals surface area contributed by atoms with Crippen LogP contribution in [0.2, 0.25) is 0 Å². The molecule has 2 aromatic heterocycles. The van der Waals surface area contributed by atoms with E-state index in [0.29, 0.717) is 32.5 Å². The van der Waals surface area contributed by atoms with E-state index in [-0.39, 0.29) is 11.8 Å². The predicted octanol–water partition coefficient (Wildman–Crippen LogP) is 4.72. The number of carbonyl (C=O) groups is 2. The van der Waals surface area contributed by atoms with Gasteiger partial charge in [0.2, 0.25) is 11.8 Å². The SMILES string of the molecule is Cc1ncc2c(c1CNC(=O)/C=C/c1ccccc1)CCN(C(=O)CCc1c[nH]c3ccccc13)C2. The van der Waals surface area contributed by atoms with Crippen LogP contribution in [0.3, 0.4) is 0 Å². The lowest BCUT2D eigenvalue weighted by molar-refractivity contribution is -0.132. The van der Waals surface area contributed by atoms with E-state index in [1.54, 1.807) is 12.2 Å². The van der Waals surface area contributed by atoms with Gasteiger partial charge in [-0.3, -0.25) is 14.6 Å². The second-order valence-corrected chi connectivity index (χ2v) is 9.21. The Morgan fingerprint density at radius 2 is 1.92 bits per heavy atom. The van der Waals surface area contributed by atoms with Gasteiger partial charge in [0, 0.05) is 61.1 Å². The van der Waals surface area contributed by atoms with Gasteiger partial charge >= 0.3 is 0 Å². The number of fused-ring (bicyclic) bond motifs is 2. The lowest BCUT2D eigenvalue weighted by Crippen LogP contribution is -2.37. The summed E-state index contributed by atoms with van der Waals surface area (Å²) in [5.41, 5.74) is 7.50. The molecule has 1 aliphatic heterocycles. The Morgan fingerprint density at radius 1 is 1.11 bits per heavy atom. The zero-order valence-corrected chi connectivity index (χ0v) is 20.5. The number of hydrogen-bond donors (Lipinski definition) is 2.